The molecule has 2 aromatic heterocycles. The number of aromatic nitrogens is 4. The first-order valence-electron chi connectivity index (χ1n) is 10.2. The Morgan fingerprint density at radius 1 is 1.34 bits per heavy atom. The van der Waals surface area contributed by atoms with Gasteiger partial charge in [-0.05, 0) is 25.2 Å². The molecule has 1 saturated heterocycles. The average Bonchev–Trinajstić information content (AvgIpc) is 3.39. The number of carbonyl (C=O) groups excluding carboxylic acids is 1. The fourth-order valence-corrected chi connectivity index (χ4v) is 4.04. The Balaban J connectivity index is 1.68. The summed E-state index contributed by atoms with van der Waals surface area (Å²) >= 11 is 0. The molecule has 3 heterocycles. The molecule has 0 unspecified atom stereocenters. The van der Waals surface area contributed by atoms with Crippen molar-refractivity contribution < 1.29 is 9.90 Å². The van der Waals surface area contributed by atoms with Crippen LogP contribution in [-0.2, 0) is 17.6 Å². The van der Waals surface area contributed by atoms with Crippen LogP contribution in [0.3, 0.4) is 0 Å². The summed E-state index contributed by atoms with van der Waals surface area (Å²) in [6.07, 6.45) is 2.65. The molecule has 9 nitrogen and oxygen atoms in total. The number of hydrogen-bond donors (Lipinski definition) is 3. The van der Waals surface area contributed by atoms with E-state index in [9.17, 15) is 9.90 Å². The maximum absolute atomic E-state index is 12.6. The van der Waals surface area contributed by atoms with Crippen molar-refractivity contribution in [3.05, 3.63) is 23.0 Å². The van der Waals surface area contributed by atoms with Crippen LogP contribution in [0.5, 0.6) is 0 Å². The number of nitrogens with one attached hydrogen (secondary N) is 2. The average molecular weight is 399 g/mol. The highest BCUT2D eigenvalue weighted by atomic mass is 16.3. The van der Waals surface area contributed by atoms with Crippen molar-refractivity contribution in [2.75, 3.05) is 30.9 Å². The summed E-state index contributed by atoms with van der Waals surface area (Å²) in [5.74, 6) is 2.25. The summed E-state index contributed by atoms with van der Waals surface area (Å²) in [7, 11) is 3.46. The molecule has 1 aliphatic heterocycles. The number of aryl methyl sites for hydroxylation is 1. The fraction of sp³-hybridized carbons (Fsp3) is 0.600. The summed E-state index contributed by atoms with van der Waals surface area (Å²) in [4.78, 5) is 25.6. The minimum absolute atomic E-state index is 0.0472. The van der Waals surface area contributed by atoms with Gasteiger partial charge in [0.05, 0.1) is 11.8 Å². The number of fused-ring (bicyclic) bond motifs is 1. The molecule has 1 amide bonds. The van der Waals surface area contributed by atoms with Crippen LogP contribution in [0.1, 0.15) is 49.6 Å². The lowest BCUT2D eigenvalue weighted by Gasteiger charge is -2.26. The number of aliphatic hydroxyl groups is 1. The number of aliphatic hydroxyl groups excluding tert-OH is 1. The maximum Gasteiger partial charge on any atom is 0.244 e. The number of carbonyl (C=O) groups is 1. The molecule has 2 atom stereocenters. The lowest BCUT2D eigenvalue weighted by Crippen LogP contribution is -2.43. The molecular formula is C20H29N7O2. The van der Waals surface area contributed by atoms with Gasteiger partial charge >= 0.3 is 0 Å². The lowest BCUT2D eigenvalue weighted by molar-refractivity contribution is -0.130. The van der Waals surface area contributed by atoms with Gasteiger partial charge in [0, 0.05) is 44.4 Å². The Bertz CT molecular complexity index is 908. The van der Waals surface area contributed by atoms with Crippen molar-refractivity contribution in [2.45, 2.75) is 57.6 Å². The molecule has 0 aromatic carbocycles. The number of aromatic amines is 1. The second kappa shape index (κ2) is 7.62. The SMILES string of the molecule is CC(C)c1cc(Nc2nc(N3C[C@@H](O)C[C@@H]3C(=O)N(C)C)nc3c2CCC3)n[nH]1. The second-order valence-electron chi connectivity index (χ2n) is 8.43. The Morgan fingerprint density at radius 3 is 2.83 bits per heavy atom. The topological polar surface area (TPSA) is 110 Å². The molecule has 0 bridgehead atoms. The minimum Gasteiger partial charge on any atom is -0.391 e. The van der Waals surface area contributed by atoms with Crippen molar-refractivity contribution in [3.8, 4) is 0 Å². The molecule has 29 heavy (non-hydrogen) atoms. The third kappa shape index (κ3) is 3.78. The standard InChI is InChI=1S/C20H29N7O2/c1-11(2)15-9-17(25-24-15)22-18-13-6-5-7-14(13)21-20(23-18)27-10-12(28)8-16(27)19(29)26(3)4/h9,11-12,16,28H,5-8,10H2,1-4H3,(H2,21,22,23,24,25)/t12-,16+/m0/s1. The number of amides is 1. The molecule has 4 rings (SSSR count). The number of β-amino-alcohol motifs (C(OH)–C–C–N with tert-alkyl or cyclic N) is 1. The van der Waals surface area contributed by atoms with Crippen LogP contribution in [0, 0.1) is 0 Å². The van der Waals surface area contributed by atoms with Crippen LogP contribution in [0.4, 0.5) is 17.6 Å². The predicted molar refractivity (Wildman–Crippen MR) is 110 cm³/mol. The van der Waals surface area contributed by atoms with Crippen LogP contribution in [-0.4, -0.2) is 68.9 Å². The van der Waals surface area contributed by atoms with Crippen LogP contribution in [0.2, 0.25) is 0 Å². The minimum atomic E-state index is -0.572. The van der Waals surface area contributed by atoms with Crippen molar-refractivity contribution in [2.24, 2.45) is 0 Å². The van der Waals surface area contributed by atoms with Crippen molar-refractivity contribution in [1.29, 1.82) is 0 Å². The first-order valence-corrected chi connectivity index (χ1v) is 10.2. The fourth-order valence-electron chi connectivity index (χ4n) is 4.04. The van der Waals surface area contributed by atoms with Crippen molar-refractivity contribution in [3.63, 3.8) is 0 Å². The summed E-state index contributed by atoms with van der Waals surface area (Å²) in [6.45, 7) is 4.57. The summed E-state index contributed by atoms with van der Waals surface area (Å²) in [5, 5.41) is 21.0. The molecule has 2 aromatic rings. The van der Waals surface area contributed by atoms with Crippen LogP contribution < -0.4 is 10.2 Å². The molecule has 0 saturated carbocycles. The normalized spacial score (nSPS) is 21.0. The first-order chi connectivity index (χ1) is 13.8. The van der Waals surface area contributed by atoms with Gasteiger partial charge in [0.25, 0.3) is 0 Å². The largest absolute Gasteiger partial charge is 0.391 e. The Morgan fingerprint density at radius 2 is 2.14 bits per heavy atom. The molecule has 1 fully saturated rings. The number of hydrogen-bond acceptors (Lipinski definition) is 7. The van der Waals surface area contributed by atoms with E-state index in [2.05, 4.69) is 29.4 Å². The van der Waals surface area contributed by atoms with Crippen LogP contribution in [0.15, 0.2) is 6.07 Å². The van der Waals surface area contributed by atoms with Crippen molar-refractivity contribution in [1.82, 2.24) is 25.1 Å². The molecular weight excluding hydrogens is 370 g/mol. The van der Waals surface area contributed by atoms with E-state index in [1.54, 1.807) is 19.0 Å². The predicted octanol–water partition coefficient (Wildman–Crippen LogP) is 1.58. The van der Waals surface area contributed by atoms with Gasteiger partial charge in [-0.25, -0.2) is 4.98 Å². The van der Waals surface area contributed by atoms with E-state index in [1.807, 2.05) is 11.0 Å². The first kappa shape index (κ1) is 19.6. The van der Waals surface area contributed by atoms with E-state index in [-0.39, 0.29) is 5.91 Å². The number of anilines is 3. The molecule has 156 valence electrons. The number of H-pyrrole nitrogens is 1. The van der Waals surface area contributed by atoms with Gasteiger partial charge in [0.2, 0.25) is 11.9 Å². The van der Waals surface area contributed by atoms with Crippen LogP contribution >= 0.6 is 0 Å². The molecule has 9 heteroatoms. The second-order valence-corrected chi connectivity index (χ2v) is 8.43. The lowest BCUT2D eigenvalue weighted by atomic mass is 10.1. The van der Waals surface area contributed by atoms with Gasteiger partial charge in [-0.3, -0.25) is 9.89 Å². The van der Waals surface area contributed by atoms with Gasteiger partial charge in [0.1, 0.15) is 11.9 Å². The van der Waals surface area contributed by atoms with E-state index in [4.69, 9.17) is 9.97 Å². The zero-order chi connectivity index (χ0) is 20.7. The highest BCUT2D eigenvalue weighted by molar-refractivity contribution is 5.85. The molecule has 1 aliphatic carbocycles. The van der Waals surface area contributed by atoms with Gasteiger partial charge in [-0.2, -0.15) is 10.1 Å². The van der Waals surface area contributed by atoms with Gasteiger partial charge in [0.15, 0.2) is 5.82 Å². The van der Waals surface area contributed by atoms with E-state index in [1.165, 1.54) is 0 Å². The Kier molecular flexibility index (Phi) is 5.16. The van der Waals surface area contributed by atoms with Gasteiger partial charge in [-0.15, -0.1) is 0 Å². The Hall–Kier alpha value is -2.68. The quantitative estimate of drug-likeness (QED) is 0.700. The zero-order valence-corrected chi connectivity index (χ0v) is 17.4. The monoisotopic (exact) mass is 399 g/mol. The van der Waals surface area contributed by atoms with Gasteiger partial charge in [-0.1, -0.05) is 13.8 Å². The smallest absolute Gasteiger partial charge is 0.244 e. The van der Waals surface area contributed by atoms with E-state index < -0.39 is 12.1 Å². The summed E-state index contributed by atoms with van der Waals surface area (Å²) in [5.41, 5.74) is 3.17. The molecule has 0 spiro atoms. The highest BCUT2D eigenvalue weighted by Crippen LogP contribution is 2.33. The number of likely N-dealkylation sites (N-methyl/N-ethyl adjacent to an activating group) is 1. The number of nitrogens with zero attached hydrogens (tertiary/aromatic N) is 5. The molecule has 2 aliphatic rings. The van der Waals surface area contributed by atoms with Crippen LogP contribution in [0.25, 0.3) is 0 Å². The summed E-state index contributed by atoms with van der Waals surface area (Å²) in [6, 6.07) is 1.54. The van der Waals surface area contributed by atoms with E-state index >= 15 is 0 Å². The van der Waals surface area contributed by atoms with Crippen molar-refractivity contribution >= 4 is 23.5 Å². The molecule has 0 radical (unpaired) electrons. The summed E-state index contributed by atoms with van der Waals surface area (Å²) < 4.78 is 0. The Labute approximate surface area is 170 Å². The third-order valence-electron chi connectivity index (χ3n) is 5.65. The van der Waals surface area contributed by atoms with E-state index in [0.717, 1.165) is 47.8 Å². The maximum atomic E-state index is 12.6. The number of rotatable bonds is 5. The van der Waals surface area contributed by atoms with Gasteiger partial charge < -0.3 is 20.2 Å². The highest BCUT2D eigenvalue weighted by Gasteiger charge is 2.39. The third-order valence-corrected chi connectivity index (χ3v) is 5.65. The molecule has 3 N–H and O–H groups in total. The zero-order valence-electron chi connectivity index (χ0n) is 17.4. The van der Waals surface area contributed by atoms with E-state index in [0.29, 0.717) is 24.8 Å².